The molecule has 0 fully saturated rings. The maximum atomic E-state index is 10.1. The summed E-state index contributed by atoms with van der Waals surface area (Å²) < 4.78 is 10.9. The van der Waals surface area contributed by atoms with E-state index in [1.165, 1.54) is 0 Å². The van der Waals surface area contributed by atoms with Crippen molar-refractivity contribution < 1.29 is 14.6 Å². The molecule has 1 aliphatic rings. The Morgan fingerprint density at radius 3 is 2.88 bits per heavy atom. The molecule has 3 unspecified atom stereocenters. The van der Waals surface area contributed by atoms with Gasteiger partial charge in [-0.1, -0.05) is 18.2 Å². The van der Waals surface area contributed by atoms with Crippen molar-refractivity contribution in [3.05, 3.63) is 29.8 Å². The fraction of sp³-hybridized carbons (Fsp3) is 0.500. The average Bonchev–Trinajstić information content (AvgIpc) is 2.27. The van der Waals surface area contributed by atoms with E-state index in [2.05, 4.69) is 0 Å². The lowest BCUT2D eigenvalue weighted by Gasteiger charge is -2.42. The lowest BCUT2D eigenvalue weighted by molar-refractivity contribution is -0.104. The van der Waals surface area contributed by atoms with Gasteiger partial charge in [-0.15, -0.1) is 0 Å². The van der Waals surface area contributed by atoms with Gasteiger partial charge < -0.3 is 20.3 Å². The fourth-order valence-corrected chi connectivity index (χ4v) is 2.11. The van der Waals surface area contributed by atoms with Crippen LogP contribution in [0.5, 0.6) is 5.75 Å². The van der Waals surface area contributed by atoms with Crippen LogP contribution in [0, 0.1) is 0 Å². The van der Waals surface area contributed by atoms with Crippen LogP contribution in [0.1, 0.15) is 18.5 Å². The average molecular weight is 223 g/mol. The second-order valence-corrected chi connectivity index (χ2v) is 4.36. The molecular formula is C12H17NO3. The van der Waals surface area contributed by atoms with Gasteiger partial charge in [-0.3, -0.25) is 0 Å². The van der Waals surface area contributed by atoms with Gasteiger partial charge in [-0.05, 0) is 13.0 Å². The largest absolute Gasteiger partial charge is 0.482 e. The number of aliphatic hydroxyl groups excluding tert-OH is 1. The molecule has 4 heteroatoms. The topological polar surface area (TPSA) is 64.7 Å². The van der Waals surface area contributed by atoms with Gasteiger partial charge in [-0.2, -0.15) is 0 Å². The summed E-state index contributed by atoms with van der Waals surface area (Å²) in [6, 6.07) is 7.06. The lowest BCUT2D eigenvalue weighted by Crippen LogP contribution is -2.55. The molecule has 3 atom stereocenters. The second-order valence-electron chi connectivity index (χ2n) is 4.36. The SMILES string of the molecule is COCC1(C)Oc2ccccc2C(N)C1O. The second kappa shape index (κ2) is 4.05. The van der Waals surface area contributed by atoms with E-state index in [0.29, 0.717) is 6.61 Å². The van der Waals surface area contributed by atoms with Gasteiger partial charge in [0.1, 0.15) is 11.9 Å². The highest BCUT2D eigenvalue weighted by Gasteiger charge is 2.44. The van der Waals surface area contributed by atoms with Crippen molar-refractivity contribution in [2.24, 2.45) is 5.73 Å². The number of hydrogen-bond acceptors (Lipinski definition) is 4. The number of hydrogen-bond donors (Lipinski definition) is 2. The number of nitrogens with two attached hydrogens (primary N) is 1. The van der Waals surface area contributed by atoms with Crippen molar-refractivity contribution in [3.8, 4) is 5.75 Å². The molecule has 1 aromatic carbocycles. The Bertz CT molecular complexity index is 382. The van der Waals surface area contributed by atoms with E-state index in [9.17, 15) is 5.11 Å². The molecule has 16 heavy (non-hydrogen) atoms. The van der Waals surface area contributed by atoms with Crippen molar-refractivity contribution in [1.82, 2.24) is 0 Å². The minimum atomic E-state index is -0.789. The molecule has 0 aliphatic carbocycles. The predicted octanol–water partition coefficient (Wildman–Crippen LogP) is 0.845. The molecule has 0 spiro atoms. The van der Waals surface area contributed by atoms with Crippen molar-refractivity contribution in [2.45, 2.75) is 24.7 Å². The van der Waals surface area contributed by atoms with Gasteiger partial charge in [0.2, 0.25) is 0 Å². The van der Waals surface area contributed by atoms with E-state index in [-0.39, 0.29) is 0 Å². The number of methoxy groups -OCH3 is 1. The van der Waals surface area contributed by atoms with Crippen molar-refractivity contribution in [1.29, 1.82) is 0 Å². The molecule has 2 rings (SSSR count). The zero-order valence-electron chi connectivity index (χ0n) is 9.51. The molecule has 0 saturated carbocycles. The molecule has 88 valence electrons. The highest BCUT2D eigenvalue weighted by atomic mass is 16.6. The Kier molecular flexibility index (Phi) is 2.88. The van der Waals surface area contributed by atoms with Crippen LogP contribution in [0.2, 0.25) is 0 Å². The van der Waals surface area contributed by atoms with Gasteiger partial charge >= 0.3 is 0 Å². The van der Waals surface area contributed by atoms with Gasteiger partial charge in [0, 0.05) is 12.7 Å². The molecule has 0 saturated heterocycles. The number of ether oxygens (including phenoxy) is 2. The summed E-state index contributed by atoms with van der Waals surface area (Å²) >= 11 is 0. The molecule has 1 aromatic rings. The van der Waals surface area contributed by atoms with Crippen LogP contribution in [0.4, 0.5) is 0 Å². The predicted molar refractivity (Wildman–Crippen MR) is 60.3 cm³/mol. The van der Waals surface area contributed by atoms with E-state index in [4.69, 9.17) is 15.2 Å². The molecule has 0 bridgehead atoms. The zero-order valence-corrected chi connectivity index (χ0v) is 9.51. The summed E-state index contributed by atoms with van der Waals surface area (Å²) in [6.07, 6.45) is -0.776. The molecular weight excluding hydrogens is 206 g/mol. The van der Waals surface area contributed by atoms with Gasteiger partial charge in [0.25, 0.3) is 0 Å². The number of para-hydroxylation sites is 1. The Balaban J connectivity index is 2.39. The third-order valence-corrected chi connectivity index (χ3v) is 3.02. The monoisotopic (exact) mass is 223 g/mol. The van der Waals surface area contributed by atoms with Crippen molar-refractivity contribution in [3.63, 3.8) is 0 Å². The van der Waals surface area contributed by atoms with Gasteiger partial charge in [0.15, 0.2) is 5.60 Å². The molecule has 0 radical (unpaired) electrons. The van der Waals surface area contributed by atoms with E-state index < -0.39 is 17.7 Å². The first kappa shape index (κ1) is 11.4. The summed E-state index contributed by atoms with van der Waals surface area (Å²) in [7, 11) is 1.58. The smallest absolute Gasteiger partial charge is 0.157 e. The van der Waals surface area contributed by atoms with Crippen molar-refractivity contribution in [2.75, 3.05) is 13.7 Å². The van der Waals surface area contributed by atoms with E-state index in [1.807, 2.05) is 24.3 Å². The van der Waals surface area contributed by atoms with E-state index in [0.717, 1.165) is 11.3 Å². The van der Waals surface area contributed by atoms with Crippen molar-refractivity contribution >= 4 is 0 Å². The molecule has 1 heterocycles. The third-order valence-electron chi connectivity index (χ3n) is 3.02. The first-order valence-corrected chi connectivity index (χ1v) is 5.29. The summed E-state index contributed by atoms with van der Waals surface area (Å²) in [6.45, 7) is 2.10. The minimum absolute atomic E-state index is 0.302. The highest BCUT2D eigenvalue weighted by molar-refractivity contribution is 5.39. The first-order chi connectivity index (χ1) is 7.58. The van der Waals surface area contributed by atoms with Crippen LogP contribution >= 0.6 is 0 Å². The summed E-state index contributed by atoms with van der Waals surface area (Å²) in [5.41, 5.74) is 6.06. The minimum Gasteiger partial charge on any atom is -0.482 e. The zero-order chi connectivity index (χ0) is 11.8. The fourth-order valence-electron chi connectivity index (χ4n) is 2.11. The number of benzene rings is 1. The lowest BCUT2D eigenvalue weighted by atomic mass is 9.86. The van der Waals surface area contributed by atoms with E-state index >= 15 is 0 Å². The number of aliphatic hydroxyl groups is 1. The molecule has 4 nitrogen and oxygen atoms in total. The highest BCUT2D eigenvalue weighted by Crippen LogP contribution is 2.38. The maximum absolute atomic E-state index is 10.1. The molecule has 3 N–H and O–H groups in total. The van der Waals surface area contributed by atoms with Gasteiger partial charge in [-0.25, -0.2) is 0 Å². The molecule has 1 aliphatic heterocycles. The Morgan fingerprint density at radius 1 is 1.50 bits per heavy atom. The Morgan fingerprint density at radius 2 is 2.19 bits per heavy atom. The Labute approximate surface area is 95.0 Å². The maximum Gasteiger partial charge on any atom is 0.157 e. The van der Waals surface area contributed by atoms with Crippen LogP contribution in [-0.2, 0) is 4.74 Å². The quantitative estimate of drug-likeness (QED) is 0.780. The standard InChI is InChI=1S/C12H17NO3/c1-12(7-15-2)11(14)10(13)8-5-3-4-6-9(8)16-12/h3-6,10-11,14H,7,13H2,1-2H3. The van der Waals surface area contributed by atoms with Crippen LogP contribution in [0.15, 0.2) is 24.3 Å². The van der Waals surface area contributed by atoms with E-state index in [1.54, 1.807) is 14.0 Å². The normalized spacial score (nSPS) is 33.0. The summed E-state index contributed by atoms with van der Waals surface area (Å²) in [5, 5.41) is 10.1. The summed E-state index contributed by atoms with van der Waals surface area (Å²) in [4.78, 5) is 0. The summed E-state index contributed by atoms with van der Waals surface area (Å²) in [5.74, 6) is 0.722. The Hall–Kier alpha value is -1.10. The number of fused-ring (bicyclic) bond motifs is 1. The third kappa shape index (κ3) is 1.69. The number of rotatable bonds is 2. The van der Waals surface area contributed by atoms with Gasteiger partial charge in [0.05, 0.1) is 12.6 Å². The van der Waals surface area contributed by atoms with Crippen LogP contribution in [-0.4, -0.2) is 30.5 Å². The first-order valence-electron chi connectivity index (χ1n) is 5.29. The van der Waals surface area contributed by atoms with Crippen LogP contribution in [0.3, 0.4) is 0 Å². The molecule has 0 amide bonds. The molecule has 0 aromatic heterocycles. The van der Waals surface area contributed by atoms with Crippen LogP contribution in [0.25, 0.3) is 0 Å². The van der Waals surface area contributed by atoms with Crippen LogP contribution < -0.4 is 10.5 Å².